The molecule has 0 aliphatic heterocycles. The van der Waals surface area contributed by atoms with Crippen LogP contribution in [-0.2, 0) is 32.0 Å². The quantitative estimate of drug-likeness (QED) is 0.210. The molecule has 2 heterocycles. The fourth-order valence-corrected chi connectivity index (χ4v) is 4.12. The Labute approximate surface area is 194 Å². The Kier molecular flexibility index (Phi) is 7.21. The summed E-state index contributed by atoms with van der Waals surface area (Å²) in [6.45, 7) is -0.374. The van der Waals surface area contributed by atoms with Crippen LogP contribution in [-0.4, -0.2) is 54.1 Å². The Hall–Kier alpha value is -4.33. The summed E-state index contributed by atoms with van der Waals surface area (Å²) in [7, 11) is 3.47. The number of ether oxygens (including phenoxy) is 4. The van der Waals surface area contributed by atoms with Crippen molar-refractivity contribution in [1.29, 1.82) is 0 Å². The van der Waals surface area contributed by atoms with Crippen molar-refractivity contribution in [1.82, 2.24) is 9.97 Å². The summed E-state index contributed by atoms with van der Waals surface area (Å²) >= 11 is 0.846. The summed E-state index contributed by atoms with van der Waals surface area (Å²) in [4.78, 5) is 65.9. The maximum atomic E-state index is 12.7. The van der Waals surface area contributed by atoms with Crippen molar-refractivity contribution >= 4 is 45.1 Å². The van der Waals surface area contributed by atoms with E-state index in [-0.39, 0.29) is 50.8 Å². The van der Waals surface area contributed by atoms with E-state index in [0.29, 0.717) is 0 Å². The zero-order chi connectivity index (χ0) is 25.0. The number of nitro groups is 1. The number of methoxy groups -OCH3 is 3. The first kappa shape index (κ1) is 24.3. The lowest BCUT2D eigenvalue weighted by atomic mass is 10.1. The SMILES string of the molecule is COC(=O)Cc1c(C(=O)OC)sc2nc(COc3ccc(C(=O)OC)cc3[N+](=O)[O-])[nH]c(=O)c12. The Morgan fingerprint density at radius 1 is 1.12 bits per heavy atom. The molecule has 0 aliphatic carbocycles. The molecule has 0 bridgehead atoms. The normalized spacial score (nSPS) is 10.6. The Balaban J connectivity index is 1.97. The molecule has 0 unspecified atom stereocenters. The molecular weight excluding hydrogens is 474 g/mol. The van der Waals surface area contributed by atoms with Gasteiger partial charge in [0.15, 0.2) is 5.75 Å². The van der Waals surface area contributed by atoms with Crippen molar-refractivity contribution in [2.24, 2.45) is 0 Å². The first-order valence-corrected chi connectivity index (χ1v) is 10.2. The summed E-state index contributed by atoms with van der Waals surface area (Å²) in [5.41, 5.74) is -1.06. The van der Waals surface area contributed by atoms with Gasteiger partial charge in [-0.1, -0.05) is 0 Å². The Bertz CT molecular complexity index is 1360. The van der Waals surface area contributed by atoms with Crippen LogP contribution in [0.2, 0.25) is 0 Å². The van der Waals surface area contributed by atoms with Crippen molar-refractivity contribution < 1.29 is 38.3 Å². The molecule has 0 fully saturated rings. The van der Waals surface area contributed by atoms with Gasteiger partial charge in [0.2, 0.25) is 0 Å². The van der Waals surface area contributed by atoms with Crippen LogP contribution >= 0.6 is 11.3 Å². The number of nitro benzene ring substituents is 1. The molecule has 0 aliphatic rings. The van der Waals surface area contributed by atoms with Gasteiger partial charge in [-0.2, -0.15) is 0 Å². The van der Waals surface area contributed by atoms with Crippen LogP contribution in [0.25, 0.3) is 10.2 Å². The van der Waals surface area contributed by atoms with Crippen molar-refractivity contribution in [3.63, 3.8) is 0 Å². The average molecular weight is 491 g/mol. The summed E-state index contributed by atoms with van der Waals surface area (Å²) < 4.78 is 19.4. The molecule has 0 spiro atoms. The number of thiophene rings is 1. The Morgan fingerprint density at radius 2 is 1.82 bits per heavy atom. The third kappa shape index (κ3) is 4.85. The van der Waals surface area contributed by atoms with Gasteiger partial charge in [0.25, 0.3) is 5.56 Å². The number of hydrogen-bond donors (Lipinski definition) is 1. The second-order valence-electron chi connectivity index (χ2n) is 6.57. The third-order valence-corrected chi connectivity index (χ3v) is 5.68. The predicted octanol–water partition coefficient (Wildman–Crippen LogP) is 1.76. The molecule has 14 heteroatoms. The monoisotopic (exact) mass is 491 g/mol. The summed E-state index contributed by atoms with van der Waals surface area (Å²) in [5, 5.41) is 11.4. The van der Waals surface area contributed by atoms with Crippen LogP contribution in [0.3, 0.4) is 0 Å². The van der Waals surface area contributed by atoms with E-state index in [2.05, 4.69) is 19.4 Å². The maximum Gasteiger partial charge on any atom is 0.348 e. The highest BCUT2D eigenvalue weighted by molar-refractivity contribution is 7.20. The lowest BCUT2D eigenvalue weighted by molar-refractivity contribution is -0.386. The summed E-state index contributed by atoms with van der Waals surface area (Å²) in [6, 6.07) is 3.51. The van der Waals surface area contributed by atoms with E-state index in [1.54, 1.807) is 0 Å². The second-order valence-corrected chi connectivity index (χ2v) is 7.57. The molecule has 178 valence electrons. The Morgan fingerprint density at radius 3 is 2.44 bits per heavy atom. The number of fused-ring (bicyclic) bond motifs is 1. The number of nitrogens with zero attached hydrogens (tertiary/aromatic N) is 2. The number of aromatic nitrogens is 2. The van der Waals surface area contributed by atoms with E-state index < -0.39 is 34.1 Å². The first-order chi connectivity index (χ1) is 16.2. The summed E-state index contributed by atoms with van der Waals surface area (Å²) in [5.74, 6) is -2.34. The lowest BCUT2D eigenvalue weighted by Gasteiger charge is -2.08. The molecular formula is C20H17N3O10S. The summed E-state index contributed by atoms with van der Waals surface area (Å²) in [6.07, 6.45) is -0.347. The number of H-pyrrole nitrogens is 1. The second kappa shape index (κ2) is 10.1. The van der Waals surface area contributed by atoms with Gasteiger partial charge in [-0.25, -0.2) is 14.6 Å². The molecule has 0 saturated heterocycles. The van der Waals surface area contributed by atoms with E-state index in [4.69, 9.17) is 9.47 Å². The van der Waals surface area contributed by atoms with Gasteiger partial charge in [-0.15, -0.1) is 11.3 Å². The van der Waals surface area contributed by atoms with Gasteiger partial charge in [0.1, 0.15) is 22.1 Å². The largest absolute Gasteiger partial charge is 0.479 e. The number of hydrogen-bond acceptors (Lipinski definition) is 12. The van der Waals surface area contributed by atoms with Gasteiger partial charge in [-0.3, -0.25) is 19.7 Å². The molecule has 0 saturated carbocycles. The topological polar surface area (TPSA) is 177 Å². The van der Waals surface area contributed by atoms with Crippen molar-refractivity contribution in [3.8, 4) is 5.75 Å². The molecule has 3 rings (SSSR count). The van der Waals surface area contributed by atoms with Crippen LogP contribution in [0, 0.1) is 10.1 Å². The van der Waals surface area contributed by atoms with Gasteiger partial charge >= 0.3 is 23.6 Å². The van der Waals surface area contributed by atoms with Crippen LogP contribution < -0.4 is 10.3 Å². The minimum atomic E-state index is -0.757. The van der Waals surface area contributed by atoms with Gasteiger partial charge in [0, 0.05) is 11.6 Å². The van der Waals surface area contributed by atoms with Crippen LogP contribution in [0.1, 0.15) is 31.4 Å². The minimum Gasteiger partial charge on any atom is -0.479 e. The van der Waals surface area contributed by atoms with Crippen LogP contribution in [0.4, 0.5) is 5.69 Å². The number of carbonyl (C=O) groups excluding carboxylic acids is 3. The van der Waals surface area contributed by atoms with Gasteiger partial charge in [0.05, 0.1) is 43.6 Å². The minimum absolute atomic E-state index is 0.00567. The number of rotatable bonds is 8. The molecule has 34 heavy (non-hydrogen) atoms. The highest BCUT2D eigenvalue weighted by atomic mass is 32.1. The number of aromatic amines is 1. The molecule has 1 aromatic carbocycles. The standard InChI is InChI=1S/C20H17N3O10S/c1-30-14(24)7-10-15-17(25)21-13(22-18(15)34-16(10)20(27)32-3)8-33-12-5-4-9(19(26)31-2)6-11(12)23(28)29/h4-6H,7-8H2,1-3H3,(H,21,22,25). The number of benzene rings is 1. The molecule has 0 amide bonds. The molecule has 3 aromatic rings. The molecule has 0 atom stereocenters. The van der Waals surface area contributed by atoms with E-state index >= 15 is 0 Å². The van der Waals surface area contributed by atoms with Gasteiger partial charge in [-0.05, 0) is 12.1 Å². The fourth-order valence-electron chi connectivity index (χ4n) is 2.99. The number of esters is 3. The number of nitrogens with one attached hydrogen (secondary N) is 1. The van der Waals surface area contributed by atoms with E-state index in [0.717, 1.165) is 31.6 Å². The first-order valence-electron chi connectivity index (χ1n) is 9.39. The zero-order valence-corrected chi connectivity index (χ0v) is 18.8. The highest BCUT2D eigenvalue weighted by Crippen LogP contribution is 2.31. The van der Waals surface area contributed by atoms with E-state index in [1.165, 1.54) is 19.2 Å². The molecule has 1 N–H and O–H groups in total. The van der Waals surface area contributed by atoms with Gasteiger partial charge < -0.3 is 23.9 Å². The smallest absolute Gasteiger partial charge is 0.348 e. The third-order valence-electron chi connectivity index (χ3n) is 4.57. The fraction of sp³-hybridized carbons (Fsp3) is 0.250. The predicted molar refractivity (Wildman–Crippen MR) is 116 cm³/mol. The van der Waals surface area contributed by atoms with Crippen LogP contribution in [0.5, 0.6) is 5.75 Å². The van der Waals surface area contributed by atoms with Crippen molar-refractivity contribution in [3.05, 3.63) is 60.5 Å². The number of carbonyl (C=O) groups is 3. The zero-order valence-electron chi connectivity index (χ0n) is 18.0. The molecule has 2 aromatic heterocycles. The van der Waals surface area contributed by atoms with Crippen molar-refractivity contribution in [2.45, 2.75) is 13.0 Å². The van der Waals surface area contributed by atoms with Crippen molar-refractivity contribution in [2.75, 3.05) is 21.3 Å². The molecule has 0 radical (unpaired) electrons. The van der Waals surface area contributed by atoms with E-state index in [9.17, 15) is 29.3 Å². The highest BCUT2D eigenvalue weighted by Gasteiger charge is 2.25. The van der Waals surface area contributed by atoms with E-state index in [1.807, 2.05) is 0 Å². The molecule has 13 nitrogen and oxygen atoms in total. The average Bonchev–Trinajstić information content (AvgIpc) is 3.19. The lowest BCUT2D eigenvalue weighted by Crippen LogP contribution is -2.16. The maximum absolute atomic E-state index is 12.7. The van der Waals surface area contributed by atoms with Crippen LogP contribution in [0.15, 0.2) is 23.0 Å².